The van der Waals surface area contributed by atoms with E-state index in [1.165, 1.54) is 0 Å². The highest BCUT2D eigenvalue weighted by Gasteiger charge is 2.13. The third-order valence-corrected chi connectivity index (χ3v) is 3.47. The van der Waals surface area contributed by atoms with E-state index in [1.807, 2.05) is 26.1 Å². The summed E-state index contributed by atoms with van der Waals surface area (Å²) in [5.74, 6) is 0.0747. The quantitative estimate of drug-likeness (QED) is 0.803. The highest BCUT2D eigenvalue weighted by Crippen LogP contribution is 2.18. The minimum atomic E-state index is 0.0747. The van der Waals surface area contributed by atoms with E-state index in [1.54, 1.807) is 16.8 Å². The van der Waals surface area contributed by atoms with Gasteiger partial charge in [-0.2, -0.15) is 5.10 Å². The van der Waals surface area contributed by atoms with Crippen molar-refractivity contribution in [3.8, 4) is 0 Å². The van der Waals surface area contributed by atoms with Crippen LogP contribution in [0.25, 0.3) is 0 Å². The number of hydrogen-bond donors (Lipinski definition) is 0. The van der Waals surface area contributed by atoms with Crippen LogP contribution in [0.15, 0.2) is 24.3 Å². The topological polar surface area (TPSA) is 34.9 Å². The molecule has 0 fully saturated rings. The summed E-state index contributed by atoms with van der Waals surface area (Å²) in [5.41, 5.74) is 3.58. The molecule has 0 spiro atoms. The predicted octanol–water partition coefficient (Wildman–Crippen LogP) is 3.37. The van der Waals surface area contributed by atoms with Crippen LogP contribution in [0.4, 0.5) is 0 Å². The number of ketones is 1. The summed E-state index contributed by atoms with van der Waals surface area (Å²) < 4.78 is 1.77. The molecule has 0 aliphatic heterocycles. The molecule has 0 radical (unpaired) electrons. The van der Waals surface area contributed by atoms with Crippen LogP contribution in [0, 0.1) is 6.92 Å². The van der Waals surface area contributed by atoms with Crippen LogP contribution in [0.1, 0.15) is 34.2 Å². The molecule has 0 N–H and O–H groups in total. The van der Waals surface area contributed by atoms with Gasteiger partial charge in [0.05, 0.1) is 12.1 Å². The Morgan fingerprint density at radius 3 is 2.74 bits per heavy atom. The van der Waals surface area contributed by atoms with E-state index in [-0.39, 0.29) is 5.78 Å². The summed E-state index contributed by atoms with van der Waals surface area (Å²) in [7, 11) is 1.87. The lowest BCUT2D eigenvalue weighted by Gasteiger charge is -2.05. The third kappa shape index (κ3) is 3.04. The molecule has 0 amide bonds. The van der Waals surface area contributed by atoms with Crippen molar-refractivity contribution in [3.63, 3.8) is 0 Å². The maximum atomic E-state index is 12.3. The van der Waals surface area contributed by atoms with E-state index in [0.717, 1.165) is 23.4 Å². The largest absolute Gasteiger partial charge is 0.294 e. The molecule has 0 atom stereocenters. The molecule has 1 heterocycles. The summed E-state index contributed by atoms with van der Waals surface area (Å²) >= 11 is 5.95. The average molecular weight is 277 g/mol. The Hall–Kier alpha value is -1.61. The molecule has 0 aliphatic carbocycles. The Bertz CT molecular complexity index is 617. The van der Waals surface area contributed by atoms with Gasteiger partial charge in [0.15, 0.2) is 5.78 Å². The minimum absolute atomic E-state index is 0.0747. The molecule has 0 saturated heterocycles. The molecule has 0 saturated carbocycles. The van der Waals surface area contributed by atoms with Gasteiger partial charge in [0.1, 0.15) is 0 Å². The molecular weight excluding hydrogens is 260 g/mol. The number of aromatic nitrogens is 2. The van der Waals surface area contributed by atoms with E-state index in [0.29, 0.717) is 17.0 Å². The fraction of sp³-hybridized carbons (Fsp3) is 0.333. The summed E-state index contributed by atoms with van der Waals surface area (Å²) in [6.45, 7) is 3.97. The Labute approximate surface area is 118 Å². The highest BCUT2D eigenvalue weighted by atomic mass is 35.5. The summed E-state index contributed by atoms with van der Waals surface area (Å²) in [6, 6.07) is 7.39. The standard InChI is InChI=1S/C15H17ClN2O/c1-4-12-8-13(18(3)17-12)9-15(19)14-7-11(16)6-5-10(14)2/h5-8H,4,9H2,1-3H3. The van der Waals surface area contributed by atoms with Gasteiger partial charge >= 0.3 is 0 Å². The van der Waals surface area contributed by atoms with Crippen LogP contribution >= 0.6 is 11.6 Å². The fourth-order valence-corrected chi connectivity index (χ4v) is 2.24. The number of carbonyl (C=O) groups is 1. The van der Waals surface area contributed by atoms with Gasteiger partial charge in [-0.3, -0.25) is 9.48 Å². The summed E-state index contributed by atoms with van der Waals surface area (Å²) in [6.07, 6.45) is 1.23. The van der Waals surface area contributed by atoms with E-state index in [9.17, 15) is 4.79 Å². The van der Waals surface area contributed by atoms with Gasteiger partial charge in [-0.15, -0.1) is 0 Å². The maximum Gasteiger partial charge on any atom is 0.169 e. The number of aryl methyl sites for hydroxylation is 3. The van der Waals surface area contributed by atoms with Crippen molar-refractivity contribution in [3.05, 3.63) is 51.8 Å². The van der Waals surface area contributed by atoms with Crippen molar-refractivity contribution in [2.45, 2.75) is 26.7 Å². The number of halogens is 1. The van der Waals surface area contributed by atoms with E-state index >= 15 is 0 Å². The first-order valence-electron chi connectivity index (χ1n) is 6.32. The Kier molecular flexibility index (Phi) is 4.05. The third-order valence-electron chi connectivity index (χ3n) is 3.23. The van der Waals surface area contributed by atoms with Crippen molar-refractivity contribution in [1.82, 2.24) is 9.78 Å². The molecule has 2 rings (SSSR count). The number of nitrogens with zero attached hydrogens (tertiary/aromatic N) is 2. The Morgan fingerprint density at radius 1 is 1.37 bits per heavy atom. The molecule has 100 valence electrons. The second-order valence-corrected chi connectivity index (χ2v) is 5.10. The first-order valence-corrected chi connectivity index (χ1v) is 6.70. The van der Waals surface area contributed by atoms with Crippen molar-refractivity contribution in [2.24, 2.45) is 7.05 Å². The minimum Gasteiger partial charge on any atom is -0.294 e. The first-order chi connectivity index (χ1) is 9.01. The van der Waals surface area contributed by atoms with Gasteiger partial charge in [0.25, 0.3) is 0 Å². The van der Waals surface area contributed by atoms with Gasteiger partial charge in [-0.25, -0.2) is 0 Å². The normalized spacial score (nSPS) is 10.7. The number of Topliss-reactive ketones (excluding diaryl/α,β-unsaturated/α-hetero) is 1. The molecular formula is C15H17ClN2O. The van der Waals surface area contributed by atoms with Crippen LogP contribution in [0.2, 0.25) is 5.02 Å². The number of rotatable bonds is 4. The second-order valence-electron chi connectivity index (χ2n) is 4.66. The van der Waals surface area contributed by atoms with Crippen LogP contribution in [0.5, 0.6) is 0 Å². The summed E-state index contributed by atoms with van der Waals surface area (Å²) in [4.78, 5) is 12.3. The van der Waals surface area contributed by atoms with E-state index in [4.69, 9.17) is 11.6 Å². The maximum absolute atomic E-state index is 12.3. The van der Waals surface area contributed by atoms with E-state index < -0.39 is 0 Å². The lowest BCUT2D eigenvalue weighted by molar-refractivity contribution is 0.0990. The Morgan fingerprint density at radius 2 is 2.11 bits per heavy atom. The average Bonchev–Trinajstić information content (AvgIpc) is 2.73. The molecule has 1 aromatic carbocycles. The van der Waals surface area contributed by atoms with Gasteiger partial charge in [0, 0.05) is 23.3 Å². The number of benzene rings is 1. The molecule has 19 heavy (non-hydrogen) atoms. The lowest BCUT2D eigenvalue weighted by atomic mass is 10.0. The SMILES string of the molecule is CCc1cc(CC(=O)c2cc(Cl)ccc2C)n(C)n1. The van der Waals surface area contributed by atoms with Gasteiger partial charge in [-0.05, 0) is 37.1 Å². The molecule has 0 unspecified atom stereocenters. The van der Waals surface area contributed by atoms with Crippen molar-refractivity contribution >= 4 is 17.4 Å². The Balaban J connectivity index is 2.25. The van der Waals surface area contributed by atoms with Crippen LogP contribution < -0.4 is 0 Å². The van der Waals surface area contributed by atoms with Crippen molar-refractivity contribution in [2.75, 3.05) is 0 Å². The van der Waals surface area contributed by atoms with E-state index in [2.05, 4.69) is 12.0 Å². The number of carbonyl (C=O) groups excluding carboxylic acids is 1. The van der Waals surface area contributed by atoms with Crippen LogP contribution in [-0.4, -0.2) is 15.6 Å². The monoisotopic (exact) mass is 276 g/mol. The molecule has 2 aromatic rings. The molecule has 0 aliphatic rings. The molecule has 1 aromatic heterocycles. The predicted molar refractivity (Wildman–Crippen MR) is 76.8 cm³/mol. The zero-order chi connectivity index (χ0) is 14.0. The fourth-order valence-electron chi connectivity index (χ4n) is 2.06. The van der Waals surface area contributed by atoms with Crippen molar-refractivity contribution in [1.29, 1.82) is 0 Å². The van der Waals surface area contributed by atoms with Crippen molar-refractivity contribution < 1.29 is 4.79 Å². The highest BCUT2D eigenvalue weighted by molar-refractivity contribution is 6.31. The molecule has 0 bridgehead atoms. The van der Waals surface area contributed by atoms with Crippen LogP contribution in [0.3, 0.4) is 0 Å². The first kappa shape index (κ1) is 13.8. The molecule has 3 nitrogen and oxygen atoms in total. The van der Waals surface area contributed by atoms with Gasteiger partial charge in [-0.1, -0.05) is 24.6 Å². The van der Waals surface area contributed by atoms with Crippen LogP contribution in [-0.2, 0) is 19.9 Å². The summed E-state index contributed by atoms with van der Waals surface area (Å²) in [5, 5.41) is 4.95. The molecule has 4 heteroatoms. The zero-order valence-corrected chi connectivity index (χ0v) is 12.2. The zero-order valence-electron chi connectivity index (χ0n) is 11.4. The smallest absolute Gasteiger partial charge is 0.169 e. The van der Waals surface area contributed by atoms with Gasteiger partial charge in [0.2, 0.25) is 0 Å². The number of hydrogen-bond acceptors (Lipinski definition) is 2. The second kappa shape index (κ2) is 5.57. The lowest BCUT2D eigenvalue weighted by Crippen LogP contribution is -2.09. The van der Waals surface area contributed by atoms with Gasteiger partial charge < -0.3 is 0 Å².